The van der Waals surface area contributed by atoms with Crippen LogP contribution < -0.4 is 10.6 Å². The van der Waals surface area contributed by atoms with E-state index in [9.17, 15) is 0 Å². The summed E-state index contributed by atoms with van der Waals surface area (Å²) in [7, 11) is 0. The van der Waals surface area contributed by atoms with Crippen molar-refractivity contribution in [2.24, 2.45) is 0 Å². The summed E-state index contributed by atoms with van der Waals surface area (Å²) in [6.45, 7) is 6.95. The molecule has 24 heavy (non-hydrogen) atoms. The number of rotatable bonds is 6. The Labute approximate surface area is 141 Å². The minimum atomic E-state index is 0.416. The Bertz CT molecular complexity index is 799. The normalized spacial score (nSPS) is 10.8. The summed E-state index contributed by atoms with van der Waals surface area (Å²) in [5.74, 6) is 2.34. The predicted octanol–water partition coefficient (Wildman–Crippen LogP) is 4.25. The van der Waals surface area contributed by atoms with Gasteiger partial charge >= 0.3 is 0 Å². The first-order chi connectivity index (χ1) is 11.6. The number of aromatic nitrogens is 3. The van der Waals surface area contributed by atoms with E-state index >= 15 is 0 Å². The van der Waals surface area contributed by atoms with Crippen LogP contribution in [0.15, 0.2) is 47.2 Å². The smallest absolute Gasteiger partial charge is 0.245 e. The van der Waals surface area contributed by atoms with Gasteiger partial charge in [0.05, 0.1) is 19.0 Å². The second-order valence-corrected chi connectivity index (χ2v) is 5.92. The van der Waals surface area contributed by atoms with Gasteiger partial charge in [0.2, 0.25) is 5.95 Å². The van der Waals surface area contributed by atoms with Crippen LogP contribution in [0.4, 0.5) is 17.5 Å². The lowest BCUT2D eigenvalue weighted by molar-refractivity contribution is 0.517. The molecule has 0 saturated carbocycles. The molecule has 0 amide bonds. The monoisotopic (exact) mass is 323 g/mol. The van der Waals surface area contributed by atoms with Gasteiger partial charge in [-0.1, -0.05) is 32.0 Å². The van der Waals surface area contributed by atoms with E-state index in [0.717, 1.165) is 11.4 Å². The molecule has 2 aromatic heterocycles. The van der Waals surface area contributed by atoms with Crippen LogP contribution >= 0.6 is 0 Å². The van der Waals surface area contributed by atoms with Crippen LogP contribution in [0.25, 0.3) is 0 Å². The second-order valence-electron chi connectivity index (χ2n) is 5.92. The summed E-state index contributed by atoms with van der Waals surface area (Å²) in [5.41, 5.74) is 3.49. The third-order valence-electron chi connectivity index (χ3n) is 3.74. The molecule has 1 aromatic carbocycles. The summed E-state index contributed by atoms with van der Waals surface area (Å²) in [4.78, 5) is 4.47. The fourth-order valence-corrected chi connectivity index (χ4v) is 2.49. The number of aryl methyl sites for hydroxylation is 1. The van der Waals surface area contributed by atoms with Crippen LogP contribution in [-0.4, -0.2) is 15.2 Å². The molecule has 0 radical (unpaired) electrons. The highest BCUT2D eigenvalue weighted by molar-refractivity contribution is 5.65. The molecule has 2 N–H and O–H groups in total. The van der Waals surface area contributed by atoms with Crippen LogP contribution in [0.2, 0.25) is 0 Å². The zero-order valence-electron chi connectivity index (χ0n) is 14.1. The number of hydrogen-bond acceptors (Lipinski definition) is 6. The van der Waals surface area contributed by atoms with Crippen molar-refractivity contribution in [3.05, 3.63) is 59.7 Å². The van der Waals surface area contributed by atoms with Crippen molar-refractivity contribution in [2.75, 3.05) is 10.6 Å². The molecule has 124 valence electrons. The van der Waals surface area contributed by atoms with Crippen molar-refractivity contribution >= 4 is 17.5 Å². The molecular formula is C18H21N5O. The van der Waals surface area contributed by atoms with Gasteiger partial charge in [0.15, 0.2) is 5.82 Å². The first kappa shape index (κ1) is 16.0. The van der Waals surface area contributed by atoms with E-state index in [1.807, 2.05) is 12.1 Å². The molecule has 0 atom stereocenters. The standard InChI is InChI=1S/C18H21N5O/c1-12(2)15-8-4-6-13(3)17(15)21-16-11-20-23-18(22-16)19-10-14-7-5-9-24-14/h4-9,11-12H,10H2,1-3H3,(H2,19,21,22,23). The lowest BCUT2D eigenvalue weighted by Gasteiger charge is -2.16. The molecule has 3 aromatic rings. The number of nitrogens with one attached hydrogen (secondary N) is 2. The Morgan fingerprint density at radius 1 is 1.17 bits per heavy atom. The van der Waals surface area contributed by atoms with Gasteiger partial charge in [-0.25, -0.2) is 0 Å². The number of anilines is 3. The zero-order chi connectivity index (χ0) is 16.9. The lowest BCUT2D eigenvalue weighted by atomic mass is 9.98. The maximum absolute atomic E-state index is 5.28. The number of para-hydroxylation sites is 1. The topological polar surface area (TPSA) is 75.9 Å². The van der Waals surface area contributed by atoms with E-state index in [-0.39, 0.29) is 0 Å². The van der Waals surface area contributed by atoms with E-state index in [4.69, 9.17) is 4.42 Å². The van der Waals surface area contributed by atoms with Gasteiger partial charge in [0, 0.05) is 5.69 Å². The summed E-state index contributed by atoms with van der Waals surface area (Å²) in [6.07, 6.45) is 3.26. The predicted molar refractivity (Wildman–Crippen MR) is 94.4 cm³/mol. The third kappa shape index (κ3) is 3.71. The first-order valence-corrected chi connectivity index (χ1v) is 7.96. The van der Waals surface area contributed by atoms with Crippen molar-refractivity contribution < 1.29 is 4.42 Å². The van der Waals surface area contributed by atoms with Crippen LogP contribution in [-0.2, 0) is 6.54 Å². The molecule has 0 aliphatic carbocycles. The van der Waals surface area contributed by atoms with Crippen LogP contribution in [0, 0.1) is 6.92 Å². The average molecular weight is 323 g/mol. The van der Waals surface area contributed by atoms with E-state index < -0.39 is 0 Å². The van der Waals surface area contributed by atoms with Gasteiger partial charge < -0.3 is 15.1 Å². The molecule has 0 fully saturated rings. The molecule has 2 heterocycles. The fourth-order valence-electron chi connectivity index (χ4n) is 2.49. The van der Waals surface area contributed by atoms with Crippen LogP contribution in [0.1, 0.15) is 36.7 Å². The van der Waals surface area contributed by atoms with Crippen LogP contribution in [0.5, 0.6) is 0 Å². The van der Waals surface area contributed by atoms with Crippen molar-refractivity contribution in [1.82, 2.24) is 15.2 Å². The van der Waals surface area contributed by atoms with Crippen molar-refractivity contribution in [3.8, 4) is 0 Å². The third-order valence-corrected chi connectivity index (χ3v) is 3.74. The average Bonchev–Trinajstić information content (AvgIpc) is 3.08. The SMILES string of the molecule is Cc1cccc(C(C)C)c1Nc1cnnc(NCc2ccco2)n1. The molecule has 3 rings (SSSR count). The number of hydrogen-bond donors (Lipinski definition) is 2. The molecule has 6 nitrogen and oxygen atoms in total. The minimum Gasteiger partial charge on any atom is -0.467 e. The maximum Gasteiger partial charge on any atom is 0.245 e. The second kappa shape index (κ2) is 7.12. The quantitative estimate of drug-likeness (QED) is 0.706. The zero-order valence-corrected chi connectivity index (χ0v) is 14.1. The summed E-state index contributed by atoms with van der Waals surface area (Å²) in [6, 6.07) is 10.0. The highest BCUT2D eigenvalue weighted by Gasteiger charge is 2.10. The van der Waals surface area contributed by atoms with Gasteiger partial charge in [0.25, 0.3) is 0 Å². The summed E-state index contributed by atoms with van der Waals surface area (Å²) in [5, 5.41) is 14.5. The number of benzene rings is 1. The van der Waals surface area contributed by atoms with Crippen molar-refractivity contribution in [1.29, 1.82) is 0 Å². The van der Waals surface area contributed by atoms with E-state index in [1.165, 1.54) is 11.1 Å². The minimum absolute atomic E-state index is 0.416. The molecular weight excluding hydrogens is 302 g/mol. The Kier molecular flexibility index (Phi) is 4.74. The Morgan fingerprint density at radius 3 is 2.79 bits per heavy atom. The maximum atomic E-state index is 5.28. The number of nitrogens with zero attached hydrogens (tertiary/aromatic N) is 3. The highest BCUT2D eigenvalue weighted by Crippen LogP contribution is 2.29. The molecule has 6 heteroatoms. The fraction of sp³-hybridized carbons (Fsp3) is 0.278. The van der Waals surface area contributed by atoms with Gasteiger partial charge in [-0.3, -0.25) is 0 Å². The van der Waals surface area contributed by atoms with Gasteiger partial charge in [-0.05, 0) is 36.1 Å². The molecule has 0 saturated heterocycles. The number of furan rings is 1. The Morgan fingerprint density at radius 2 is 2.04 bits per heavy atom. The van der Waals surface area contributed by atoms with Crippen molar-refractivity contribution in [2.45, 2.75) is 33.2 Å². The van der Waals surface area contributed by atoms with Gasteiger partial charge in [-0.15, -0.1) is 5.10 Å². The van der Waals surface area contributed by atoms with Crippen LogP contribution in [0.3, 0.4) is 0 Å². The molecule has 0 unspecified atom stereocenters. The molecule has 0 aliphatic heterocycles. The van der Waals surface area contributed by atoms with Gasteiger partial charge in [0.1, 0.15) is 5.76 Å². The largest absolute Gasteiger partial charge is 0.467 e. The Balaban J connectivity index is 1.78. The molecule has 0 spiro atoms. The lowest BCUT2D eigenvalue weighted by Crippen LogP contribution is -2.07. The Hall–Kier alpha value is -2.89. The van der Waals surface area contributed by atoms with Crippen molar-refractivity contribution in [3.63, 3.8) is 0 Å². The van der Waals surface area contributed by atoms with E-state index in [1.54, 1.807) is 12.5 Å². The first-order valence-electron chi connectivity index (χ1n) is 7.96. The highest BCUT2D eigenvalue weighted by atomic mass is 16.3. The van der Waals surface area contributed by atoms with E-state index in [0.29, 0.717) is 24.2 Å². The molecule has 0 aliphatic rings. The van der Waals surface area contributed by atoms with Gasteiger partial charge in [-0.2, -0.15) is 10.1 Å². The summed E-state index contributed by atoms with van der Waals surface area (Å²) >= 11 is 0. The van der Waals surface area contributed by atoms with E-state index in [2.05, 4.69) is 64.8 Å². The molecule has 0 bridgehead atoms. The summed E-state index contributed by atoms with van der Waals surface area (Å²) < 4.78 is 5.28.